The Hall–Kier alpha value is -1.95. The number of carbonyl (C=O) groups excluding carboxylic acids is 1. The van der Waals surface area contributed by atoms with Crippen molar-refractivity contribution in [2.75, 3.05) is 26.1 Å². The number of ether oxygens (including phenoxy) is 4. The summed E-state index contributed by atoms with van der Waals surface area (Å²) in [5.74, 6) is 0.976. The Kier molecular flexibility index (Phi) is 4.24. The number of methoxy groups -OCH3 is 2. The molecule has 1 heterocycles. The van der Waals surface area contributed by atoms with Crippen molar-refractivity contribution in [2.24, 2.45) is 0 Å². The van der Waals surface area contributed by atoms with E-state index >= 15 is 0 Å². The number of rotatable bonds is 4. The molecule has 6 heteroatoms. The molecule has 1 aromatic rings. The van der Waals surface area contributed by atoms with Gasteiger partial charge in [0.2, 0.25) is 0 Å². The van der Waals surface area contributed by atoms with E-state index in [0.717, 1.165) is 5.56 Å². The lowest BCUT2D eigenvalue weighted by atomic mass is 10.0. The predicted molar refractivity (Wildman–Crippen MR) is 82.7 cm³/mol. The lowest BCUT2D eigenvalue weighted by Crippen LogP contribution is -2.27. The topological polar surface area (TPSA) is 69.3 Å². The smallest absolute Gasteiger partial charge is 0.412 e. The van der Waals surface area contributed by atoms with Gasteiger partial charge in [0, 0.05) is 0 Å². The molecular weight excluding hydrogens is 286 g/mol. The Morgan fingerprint density at radius 3 is 2.36 bits per heavy atom. The van der Waals surface area contributed by atoms with Crippen molar-refractivity contribution in [1.29, 1.82) is 0 Å². The zero-order valence-corrected chi connectivity index (χ0v) is 13.9. The Morgan fingerprint density at radius 2 is 1.91 bits per heavy atom. The molecule has 1 fully saturated rings. The van der Waals surface area contributed by atoms with Crippen LogP contribution in [0.15, 0.2) is 12.1 Å². The second-order valence-corrected chi connectivity index (χ2v) is 6.41. The van der Waals surface area contributed by atoms with E-state index in [9.17, 15) is 4.79 Å². The standard InChI is InChI=1S/C16H23NO5/c1-15(2,3)22-14(18)17-11-7-10(16(4)9-21-16)8-12(19-5)13(11)20-6/h7-8H,9H2,1-6H3,(H,17,18). The molecule has 1 aromatic carbocycles. The first-order chi connectivity index (χ1) is 10.2. The molecule has 1 unspecified atom stereocenters. The van der Waals surface area contributed by atoms with Gasteiger partial charge in [0.15, 0.2) is 11.5 Å². The Labute approximate surface area is 130 Å². The fourth-order valence-electron chi connectivity index (χ4n) is 2.05. The normalized spacial score (nSPS) is 20.3. The van der Waals surface area contributed by atoms with Crippen LogP contribution in [0, 0.1) is 0 Å². The van der Waals surface area contributed by atoms with Gasteiger partial charge in [-0.15, -0.1) is 0 Å². The maximum Gasteiger partial charge on any atom is 0.412 e. The van der Waals surface area contributed by atoms with Gasteiger partial charge in [-0.05, 0) is 45.4 Å². The number of benzene rings is 1. The van der Waals surface area contributed by atoms with Crippen LogP contribution in [-0.4, -0.2) is 32.5 Å². The van der Waals surface area contributed by atoms with Crippen molar-refractivity contribution in [3.63, 3.8) is 0 Å². The van der Waals surface area contributed by atoms with Crippen LogP contribution in [0.3, 0.4) is 0 Å². The highest BCUT2D eigenvalue weighted by atomic mass is 16.6. The van der Waals surface area contributed by atoms with Gasteiger partial charge in [-0.2, -0.15) is 0 Å². The molecule has 1 aliphatic heterocycles. The van der Waals surface area contributed by atoms with E-state index in [1.165, 1.54) is 7.11 Å². The molecule has 0 aliphatic carbocycles. The van der Waals surface area contributed by atoms with Crippen LogP contribution in [0.25, 0.3) is 0 Å². The van der Waals surface area contributed by atoms with E-state index in [-0.39, 0.29) is 5.60 Å². The lowest BCUT2D eigenvalue weighted by molar-refractivity contribution is 0.0635. The molecule has 2 rings (SSSR count). The molecule has 22 heavy (non-hydrogen) atoms. The Balaban J connectivity index is 2.33. The average molecular weight is 309 g/mol. The molecule has 0 bridgehead atoms. The third-order valence-corrected chi connectivity index (χ3v) is 3.30. The zero-order valence-electron chi connectivity index (χ0n) is 13.9. The highest BCUT2D eigenvalue weighted by molar-refractivity contribution is 5.88. The van der Waals surface area contributed by atoms with E-state index in [1.807, 2.05) is 19.1 Å². The molecule has 1 N–H and O–H groups in total. The SMILES string of the molecule is COc1cc(C2(C)CO2)cc(NC(=O)OC(C)(C)C)c1OC. The molecule has 1 amide bonds. The average Bonchev–Trinajstić information content (AvgIpc) is 3.14. The third kappa shape index (κ3) is 3.62. The Morgan fingerprint density at radius 1 is 1.27 bits per heavy atom. The fraction of sp³-hybridized carbons (Fsp3) is 0.562. The number of hydrogen-bond donors (Lipinski definition) is 1. The summed E-state index contributed by atoms with van der Waals surface area (Å²) in [6.07, 6.45) is -0.549. The summed E-state index contributed by atoms with van der Waals surface area (Å²) >= 11 is 0. The van der Waals surface area contributed by atoms with Crippen LogP contribution in [0.2, 0.25) is 0 Å². The number of amides is 1. The minimum atomic E-state index is -0.579. The largest absolute Gasteiger partial charge is 0.493 e. The molecule has 1 saturated heterocycles. The second kappa shape index (κ2) is 5.68. The maximum absolute atomic E-state index is 12.0. The molecule has 6 nitrogen and oxygen atoms in total. The van der Waals surface area contributed by atoms with Crippen LogP contribution in [0.1, 0.15) is 33.3 Å². The van der Waals surface area contributed by atoms with Crippen LogP contribution in [0.4, 0.5) is 10.5 Å². The molecule has 0 radical (unpaired) electrons. The molecule has 0 aromatic heterocycles. The molecular formula is C16H23NO5. The van der Waals surface area contributed by atoms with Crippen LogP contribution >= 0.6 is 0 Å². The summed E-state index contributed by atoms with van der Waals surface area (Å²) in [5.41, 5.74) is 0.480. The van der Waals surface area contributed by atoms with Gasteiger partial charge in [-0.3, -0.25) is 5.32 Å². The van der Waals surface area contributed by atoms with Crippen molar-refractivity contribution in [3.8, 4) is 11.5 Å². The van der Waals surface area contributed by atoms with Crippen LogP contribution in [-0.2, 0) is 15.1 Å². The fourth-order valence-corrected chi connectivity index (χ4v) is 2.05. The van der Waals surface area contributed by atoms with Gasteiger partial charge in [0.25, 0.3) is 0 Å². The van der Waals surface area contributed by atoms with E-state index in [0.29, 0.717) is 23.8 Å². The van der Waals surface area contributed by atoms with E-state index in [2.05, 4.69) is 5.32 Å². The minimum Gasteiger partial charge on any atom is -0.493 e. The van der Waals surface area contributed by atoms with Crippen LogP contribution < -0.4 is 14.8 Å². The van der Waals surface area contributed by atoms with Gasteiger partial charge < -0.3 is 18.9 Å². The molecule has 122 valence electrons. The molecule has 0 spiro atoms. The van der Waals surface area contributed by atoms with Crippen molar-refractivity contribution >= 4 is 11.8 Å². The summed E-state index contributed by atoms with van der Waals surface area (Å²) in [7, 11) is 3.07. The number of anilines is 1. The van der Waals surface area contributed by atoms with E-state index in [1.54, 1.807) is 27.9 Å². The molecule has 1 atom stereocenters. The first kappa shape index (κ1) is 16.4. The van der Waals surface area contributed by atoms with Gasteiger partial charge in [0.05, 0.1) is 26.5 Å². The van der Waals surface area contributed by atoms with E-state index in [4.69, 9.17) is 18.9 Å². The maximum atomic E-state index is 12.0. The number of nitrogens with one attached hydrogen (secondary N) is 1. The summed E-state index contributed by atoms with van der Waals surface area (Å²) in [6, 6.07) is 3.67. The van der Waals surface area contributed by atoms with Gasteiger partial charge in [0.1, 0.15) is 11.2 Å². The van der Waals surface area contributed by atoms with Gasteiger partial charge in [-0.25, -0.2) is 4.79 Å². The van der Waals surface area contributed by atoms with Crippen molar-refractivity contribution in [3.05, 3.63) is 17.7 Å². The number of hydrogen-bond acceptors (Lipinski definition) is 5. The lowest BCUT2D eigenvalue weighted by Gasteiger charge is -2.21. The monoisotopic (exact) mass is 309 g/mol. The first-order valence-corrected chi connectivity index (χ1v) is 7.09. The Bertz CT molecular complexity index is 573. The second-order valence-electron chi connectivity index (χ2n) is 6.41. The summed E-state index contributed by atoms with van der Waals surface area (Å²) in [5, 5.41) is 2.71. The van der Waals surface area contributed by atoms with E-state index < -0.39 is 11.7 Å². The number of carbonyl (C=O) groups is 1. The molecule has 0 saturated carbocycles. The summed E-state index contributed by atoms with van der Waals surface area (Å²) < 4.78 is 21.4. The summed E-state index contributed by atoms with van der Waals surface area (Å²) in [6.45, 7) is 8.03. The van der Waals surface area contributed by atoms with Gasteiger partial charge >= 0.3 is 6.09 Å². The number of epoxide rings is 1. The summed E-state index contributed by atoms with van der Waals surface area (Å²) in [4.78, 5) is 12.0. The minimum absolute atomic E-state index is 0.343. The zero-order chi connectivity index (χ0) is 16.5. The highest BCUT2D eigenvalue weighted by Crippen LogP contribution is 2.45. The van der Waals surface area contributed by atoms with Gasteiger partial charge in [-0.1, -0.05) is 0 Å². The van der Waals surface area contributed by atoms with Crippen molar-refractivity contribution < 1.29 is 23.7 Å². The quantitative estimate of drug-likeness (QED) is 0.864. The van der Waals surface area contributed by atoms with Crippen molar-refractivity contribution in [2.45, 2.75) is 38.9 Å². The highest BCUT2D eigenvalue weighted by Gasteiger charge is 2.42. The molecule has 1 aliphatic rings. The van der Waals surface area contributed by atoms with Crippen molar-refractivity contribution in [1.82, 2.24) is 0 Å². The third-order valence-electron chi connectivity index (χ3n) is 3.30. The van der Waals surface area contributed by atoms with Crippen LogP contribution in [0.5, 0.6) is 11.5 Å². The predicted octanol–water partition coefficient (Wildman–Crippen LogP) is 3.30. The first-order valence-electron chi connectivity index (χ1n) is 7.09.